The molecular formula is C24H25FN6O. The van der Waals surface area contributed by atoms with E-state index in [0.717, 1.165) is 43.3 Å². The van der Waals surface area contributed by atoms with Crippen LogP contribution in [0, 0.1) is 12.7 Å². The summed E-state index contributed by atoms with van der Waals surface area (Å²) < 4.78 is 21.6. The van der Waals surface area contributed by atoms with E-state index < -0.39 is 0 Å². The molecule has 8 heteroatoms. The lowest BCUT2D eigenvalue weighted by Gasteiger charge is -2.40. The summed E-state index contributed by atoms with van der Waals surface area (Å²) in [5, 5.41) is 12.6. The Morgan fingerprint density at radius 2 is 1.75 bits per heavy atom. The van der Waals surface area contributed by atoms with Crippen molar-refractivity contribution in [1.82, 2.24) is 25.1 Å². The van der Waals surface area contributed by atoms with Crippen LogP contribution in [0.5, 0.6) is 0 Å². The normalized spacial score (nSPS) is 15.8. The van der Waals surface area contributed by atoms with Crippen LogP contribution in [-0.2, 0) is 6.54 Å². The highest BCUT2D eigenvalue weighted by molar-refractivity contribution is 5.48. The van der Waals surface area contributed by atoms with Crippen LogP contribution >= 0.6 is 0 Å². The first-order chi connectivity index (χ1) is 15.7. The summed E-state index contributed by atoms with van der Waals surface area (Å²) >= 11 is 0. The minimum atomic E-state index is -0.182. The Hall–Kier alpha value is -3.52. The molecule has 1 saturated heterocycles. The van der Waals surface area contributed by atoms with Crippen LogP contribution in [0.4, 0.5) is 10.1 Å². The molecule has 32 heavy (non-hydrogen) atoms. The summed E-state index contributed by atoms with van der Waals surface area (Å²) in [5.74, 6) is 1.38. The van der Waals surface area contributed by atoms with Crippen LogP contribution in [0.15, 0.2) is 71.3 Å². The Kier molecular flexibility index (Phi) is 5.68. The smallest absolute Gasteiger partial charge is 0.173 e. The number of anilines is 1. The van der Waals surface area contributed by atoms with Crippen molar-refractivity contribution in [3.05, 3.63) is 95.5 Å². The molecule has 3 heterocycles. The van der Waals surface area contributed by atoms with Gasteiger partial charge in [-0.2, -0.15) is 0 Å². The Bertz CT molecular complexity index is 1150. The van der Waals surface area contributed by atoms with E-state index in [0.29, 0.717) is 12.2 Å². The van der Waals surface area contributed by atoms with E-state index >= 15 is 0 Å². The van der Waals surface area contributed by atoms with Crippen molar-refractivity contribution in [2.45, 2.75) is 19.5 Å². The van der Waals surface area contributed by atoms with E-state index in [2.05, 4.69) is 56.5 Å². The number of hydrogen-bond acceptors (Lipinski definition) is 6. The van der Waals surface area contributed by atoms with Gasteiger partial charge in [-0.05, 0) is 47.2 Å². The van der Waals surface area contributed by atoms with Gasteiger partial charge in [-0.1, -0.05) is 42.0 Å². The number of aromatic nitrogens is 4. The highest BCUT2D eigenvalue weighted by atomic mass is 19.1. The lowest BCUT2D eigenvalue weighted by atomic mass is 10.0. The van der Waals surface area contributed by atoms with Crippen LogP contribution in [-0.4, -0.2) is 51.3 Å². The molecule has 0 bridgehead atoms. The maximum absolute atomic E-state index is 14.3. The third kappa shape index (κ3) is 4.13. The van der Waals surface area contributed by atoms with E-state index in [-0.39, 0.29) is 11.9 Å². The zero-order valence-corrected chi connectivity index (χ0v) is 17.9. The minimum Gasteiger partial charge on any atom is -0.467 e. The third-order valence-electron chi connectivity index (χ3n) is 5.96. The highest BCUT2D eigenvalue weighted by Crippen LogP contribution is 2.30. The number of rotatable bonds is 6. The number of benzene rings is 2. The molecule has 0 N–H and O–H groups in total. The summed E-state index contributed by atoms with van der Waals surface area (Å²) in [6, 6.07) is 19.1. The minimum absolute atomic E-state index is 0.108. The highest BCUT2D eigenvalue weighted by Gasteiger charge is 2.31. The monoisotopic (exact) mass is 432 g/mol. The molecule has 2 aromatic heterocycles. The van der Waals surface area contributed by atoms with Gasteiger partial charge in [-0.3, -0.25) is 4.90 Å². The fourth-order valence-electron chi connectivity index (χ4n) is 4.27. The molecule has 4 aromatic rings. The predicted octanol–water partition coefficient (Wildman–Crippen LogP) is 3.67. The summed E-state index contributed by atoms with van der Waals surface area (Å²) in [6.07, 6.45) is 1.65. The fourth-order valence-corrected chi connectivity index (χ4v) is 4.27. The van der Waals surface area contributed by atoms with Gasteiger partial charge < -0.3 is 9.32 Å². The van der Waals surface area contributed by atoms with Gasteiger partial charge in [0.25, 0.3) is 0 Å². The van der Waals surface area contributed by atoms with E-state index in [1.165, 1.54) is 11.6 Å². The Labute approximate surface area is 186 Å². The fraction of sp³-hybridized carbons (Fsp3) is 0.292. The molecular weight excluding hydrogens is 407 g/mol. The number of furan rings is 1. The first kappa shape index (κ1) is 20.4. The quantitative estimate of drug-likeness (QED) is 0.463. The average molecular weight is 433 g/mol. The Morgan fingerprint density at radius 3 is 2.47 bits per heavy atom. The van der Waals surface area contributed by atoms with E-state index in [1.54, 1.807) is 17.0 Å². The van der Waals surface area contributed by atoms with Crippen molar-refractivity contribution in [1.29, 1.82) is 0 Å². The summed E-state index contributed by atoms with van der Waals surface area (Å²) in [7, 11) is 0. The molecule has 2 aromatic carbocycles. The van der Waals surface area contributed by atoms with Gasteiger partial charge in [0.05, 0.1) is 18.0 Å². The molecule has 0 radical (unpaired) electrons. The van der Waals surface area contributed by atoms with Crippen molar-refractivity contribution in [3.63, 3.8) is 0 Å². The molecule has 164 valence electrons. The maximum atomic E-state index is 14.3. The topological polar surface area (TPSA) is 63.2 Å². The van der Waals surface area contributed by atoms with Crippen molar-refractivity contribution >= 4 is 5.69 Å². The number of nitrogens with zero attached hydrogens (tertiary/aromatic N) is 6. The first-order valence-corrected chi connectivity index (χ1v) is 10.8. The molecule has 0 unspecified atom stereocenters. The number of piperazine rings is 1. The Balaban J connectivity index is 1.43. The van der Waals surface area contributed by atoms with Gasteiger partial charge in [0, 0.05) is 26.2 Å². The number of hydrogen-bond donors (Lipinski definition) is 0. The second-order valence-corrected chi connectivity index (χ2v) is 8.06. The zero-order chi connectivity index (χ0) is 21.9. The Morgan fingerprint density at radius 1 is 0.969 bits per heavy atom. The second-order valence-electron chi connectivity index (χ2n) is 8.06. The zero-order valence-electron chi connectivity index (χ0n) is 17.9. The van der Waals surface area contributed by atoms with Crippen LogP contribution in [0.1, 0.15) is 28.8 Å². The van der Waals surface area contributed by atoms with Crippen LogP contribution < -0.4 is 4.90 Å². The van der Waals surface area contributed by atoms with Crippen molar-refractivity contribution < 1.29 is 8.81 Å². The SMILES string of the molecule is Cc1ccc([C@H](c2nnnn2Cc2ccco2)N2CCN(c3ccccc3F)CC2)cc1. The van der Waals surface area contributed by atoms with Gasteiger partial charge >= 0.3 is 0 Å². The number of halogens is 1. The van der Waals surface area contributed by atoms with E-state index in [9.17, 15) is 4.39 Å². The molecule has 0 amide bonds. The van der Waals surface area contributed by atoms with Gasteiger partial charge in [-0.25, -0.2) is 9.07 Å². The van der Waals surface area contributed by atoms with Crippen molar-refractivity contribution in [2.75, 3.05) is 31.1 Å². The van der Waals surface area contributed by atoms with Gasteiger partial charge in [0.2, 0.25) is 0 Å². The van der Waals surface area contributed by atoms with Crippen LogP contribution in [0.2, 0.25) is 0 Å². The molecule has 0 spiro atoms. The number of tetrazole rings is 1. The van der Waals surface area contributed by atoms with E-state index in [4.69, 9.17) is 4.42 Å². The van der Waals surface area contributed by atoms with Crippen LogP contribution in [0.3, 0.4) is 0 Å². The standard InChI is InChI=1S/C24H25FN6O/c1-18-8-10-19(11-9-18)23(24-26-27-28-31(24)17-20-5-4-16-32-20)30-14-12-29(13-15-30)22-7-3-2-6-21(22)25/h2-11,16,23H,12-15,17H2,1H3/t23-/m1/s1. The summed E-state index contributed by atoms with van der Waals surface area (Å²) in [6.45, 7) is 5.52. The summed E-state index contributed by atoms with van der Waals surface area (Å²) in [5.41, 5.74) is 2.99. The van der Waals surface area contributed by atoms with E-state index in [1.807, 2.05) is 24.3 Å². The second kappa shape index (κ2) is 8.92. The lowest BCUT2D eigenvalue weighted by Crippen LogP contribution is -2.48. The molecule has 5 rings (SSSR count). The molecule has 1 atom stereocenters. The van der Waals surface area contributed by atoms with Gasteiger partial charge in [0.15, 0.2) is 5.82 Å². The molecule has 0 aliphatic carbocycles. The van der Waals surface area contributed by atoms with Crippen molar-refractivity contribution in [3.8, 4) is 0 Å². The first-order valence-electron chi connectivity index (χ1n) is 10.8. The number of aryl methyl sites for hydroxylation is 1. The molecule has 1 aliphatic heterocycles. The van der Waals surface area contributed by atoms with Gasteiger partial charge in [-0.15, -0.1) is 5.10 Å². The lowest BCUT2D eigenvalue weighted by molar-refractivity contribution is 0.200. The average Bonchev–Trinajstić information content (AvgIpc) is 3.49. The molecule has 1 aliphatic rings. The number of para-hydroxylation sites is 1. The predicted molar refractivity (Wildman–Crippen MR) is 119 cm³/mol. The van der Waals surface area contributed by atoms with Crippen LogP contribution in [0.25, 0.3) is 0 Å². The third-order valence-corrected chi connectivity index (χ3v) is 5.96. The molecule has 0 saturated carbocycles. The molecule has 1 fully saturated rings. The maximum Gasteiger partial charge on any atom is 0.173 e. The van der Waals surface area contributed by atoms with Gasteiger partial charge in [0.1, 0.15) is 18.1 Å². The summed E-state index contributed by atoms with van der Waals surface area (Å²) in [4.78, 5) is 4.47. The van der Waals surface area contributed by atoms with Crippen molar-refractivity contribution in [2.24, 2.45) is 0 Å². The largest absolute Gasteiger partial charge is 0.467 e. The molecule has 7 nitrogen and oxygen atoms in total.